The van der Waals surface area contributed by atoms with Gasteiger partial charge in [0.05, 0.1) is 16.5 Å². The van der Waals surface area contributed by atoms with E-state index in [9.17, 15) is 18.0 Å². The predicted molar refractivity (Wildman–Crippen MR) is 180 cm³/mol. The first-order valence-electron chi connectivity index (χ1n) is 16.4. The maximum Gasteiger partial charge on any atom is 0.418 e. The van der Waals surface area contributed by atoms with Crippen molar-refractivity contribution in [3.05, 3.63) is 46.1 Å². The number of nitrogen functional groups attached to an aromatic ring is 1. The van der Waals surface area contributed by atoms with E-state index >= 15 is 4.39 Å². The van der Waals surface area contributed by atoms with Crippen molar-refractivity contribution in [1.82, 2.24) is 39.1 Å². The van der Waals surface area contributed by atoms with Crippen LogP contribution < -0.4 is 15.4 Å². The number of pyridine rings is 2. The topological polar surface area (TPSA) is 139 Å². The Bertz CT molecular complexity index is 1970. The quantitative estimate of drug-likeness (QED) is 0.187. The normalized spacial score (nSPS) is 17.9. The highest BCUT2D eigenvalue weighted by Gasteiger charge is 2.45. The monoisotopic (exact) mass is 712 g/mol. The Morgan fingerprint density at radius 1 is 1.14 bits per heavy atom. The van der Waals surface area contributed by atoms with Crippen molar-refractivity contribution in [2.45, 2.75) is 51.2 Å². The highest BCUT2D eigenvalue weighted by molar-refractivity contribution is 7.06. The Morgan fingerprint density at radius 2 is 1.88 bits per heavy atom. The van der Waals surface area contributed by atoms with Gasteiger partial charge in [0.2, 0.25) is 5.91 Å². The minimum absolute atomic E-state index is 0.0748. The van der Waals surface area contributed by atoms with Crippen molar-refractivity contribution >= 4 is 46.1 Å². The van der Waals surface area contributed by atoms with Crippen molar-refractivity contribution in [2.24, 2.45) is 5.92 Å². The van der Waals surface area contributed by atoms with Crippen LogP contribution in [0, 0.1) is 25.6 Å². The molecule has 4 aromatic heterocycles. The van der Waals surface area contributed by atoms with E-state index < -0.39 is 28.9 Å². The smallest absolute Gasteiger partial charge is 0.418 e. The summed E-state index contributed by atoms with van der Waals surface area (Å²) in [4.78, 5) is 40.0. The minimum Gasteiger partial charge on any atom is -0.461 e. The number of aromatic nitrogens is 6. The number of halogens is 4. The Balaban J connectivity index is 1.19. The van der Waals surface area contributed by atoms with E-state index in [0.29, 0.717) is 42.9 Å². The zero-order valence-corrected chi connectivity index (χ0v) is 28.6. The largest absolute Gasteiger partial charge is 0.461 e. The fraction of sp³-hybridized carbons (Fsp3) is 0.485. The summed E-state index contributed by atoms with van der Waals surface area (Å²) in [5.74, 6) is -0.409. The van der Waals surface area contributed by atoms with Crippen LogP contribution in [0.2, 0.25) is 0 Å². The first kappa shape index (κ1) is 34.0. The molecule has 0 radical (unpaired) electrons. The summed E-state index contributed by atoms with van der Waals surface area (Å²) < 4.78 is 69.4. The maximum absolute atomic E-state index is 16.5. The van der Waals surface area contributed by atoms with E-state index in [1.54, 1.807) is 24.9 Å². The second-order valence-corrected chi connectivity index (χ2v) is 14.1. The maximum atomic E-state index is 16.5. The van der Waals surface area contributed by atoms with Crippen LogP contribution in [0.5, 0.6) is 6.01 Å². The lowest BCUT2D eigenvalue weighted by Crippen LogP contribution is -2.53. The zero-order valence-electron chi connectivity index (χ0n) is 27.8. The molecule has 3 saturated heterocycles. The van der Waals surface area contributed by atoms with E-state index in [2.05, 4.69) is 34.2 Å². The molecule has 0 spiro atoms. The van der Waals surface area contributed by atoms with Gasteiger partial charge in [-0.3, -0.25) is 14.7 Å². The number of carbonyl (C=O) groups is 1. The lowest BCUT2D eigenvalue weighted by Gasteiger charge is -2.40. The number of carbonyl (C=O) groups excluding carboxylic acids is 1. The molecule has 2 N–H and O–H groups in total. The zero-order chi connectivity index (χ0) is 35.4. The number of hydrogen-bond donors (Lipinski definition) is 1. The van der Waals surface area contributed by atoms with Crippen molar-refractivity contribution in [3.63, 3.8) is 0 Å². The van der Waals surface area contributed by atoms with Crippen LogP contribution >= 0.6 is 11.5 Å². The van der Waals surface area contributed by atoms with Crippen molar-refractivity contribution < 1.29 is 27.1 Å². The molecule has 0 unspecified atom stereocenters. The molecule has 12 nitrogen and oxygen atoms in total. The van der Waals surface area contributed by atoms with E-state index in [-0.39, 0.29) is 45.7 Å². The summed E-state index contributed by atoms with van der Waals surface area (Å²) in [5, 5.41) is 0.842. The first-order valence-corrected chi connectivity index (χ1v) is 17.2. The Morgan fingerprint density at radius 3 is 2.56 bits per heavy atom. The van der Waals surface area contributed by atoms with E-state index in [0.717, 1.165) is 44.8 Å². The third-order valence-electron chi connectivity index (χ3n) is 9.74. The first-order chi connectivity index (χ1) is 23.8. The lowest BCUT2D eigenvalue weighted by atomic mass is 9.95. The van der Waals surface area contributed by atoms with Gasteiger partial charge in [0.1, 0.15) is 46.0 Å². The van der Waals surface area contributed by atoms with Crippen LogP contribution in [-0.2, 0) is 11.0 Å². The van der Waals surface area contributed by atoms with Crippen LogP contribution in [0.1, 0.15) is 47.6 Å². The summed E-state index contributed by atoms with van der Waals surface area (Å²) in [6, 6.07) is 1.00. The molecule has 0 saturated carbocycles. The van der Waals surface area contributed by atoms with Crippen LogP contribution in [0.15, 0.2) is 18.3 Å². The van der Waals surface area contributed by atoms with E-state index in [1.165, 1.54) is 30.7 Å². The highest BCUT2D eigenvalue weighted by Crippen LogP contribution is 2.42. The number of anilines is 2. The predicted octanol–water partition coefficient (Wildman–Crippen LogP) is 4.91. The minimum atomic E-state index is -4.84. The second kappa shape index (κ2) is 13.0. The molecule has 0 atom stereocenters. The van der Waals surface area contributed by atoms with Gasteiger partial charge in [-0.15, -0.1) is 0 Å². The molecule has 17 heteroatoms. The molecule has 264 valence electrons. The van der Waals surface area contributed by atoms with Crippen molar-refractivity contribution in [2.75, 3.05) is 57.0 Å². The second-order valence-electron chi connectivity index (χ2n) is 13.3. The molecule has 50 heavy (non-hydrogen) atoms. The molecule has 3 aliphatic heterocycles. The molecular formula is C33H36F4N10O2S. The number of hydrogen-bond acceptors (Lipinski definition) is 12. The molecule has 7 rings (SSSR count). The van der Waals surface area contributed by atoms with Crippen LogP contribution in [0.25, 0.3) is 28.4 Å². The number of likely N-dealkylation sites (tertiary alicyclic amines) is 1. The van der Waals surface area contributed by atoms with Gasteiger partial charge in [-0.1, -0.05) is 0 Å². The van der Waals surface area contributed by atoms with E-state index in [4.69, 9.17) is 10.5 Å². The molecule has 0 aromatic carbocycles. The van der Waals surface area contributed by atoms with Crippen molar-refractivity contribution in [3.8, 4) is 17.4 Å². The van der Waals surface area contributed by atoms with Gasteiger partial charge in [-0.2, -0.15) is 27.5 Å². The molecule has 3 fully saturated rings. The number of aryl methyl sites for hydroxylation is 2. The van der Waals surface area contributed by atoms with E-state index in [1.807, 2.05) is 4.90 Å². The summed E-state index contributed by atoms with van der Waals surface area (Å²) in [5.41, 5.74) is 2.75. The Kier molecular flexibility index (Phi) is 8.82. The number of alkyl halides is 3. The van der Waals surface area contributed by atoms with Gasteiger partial charge in [-0.05, 0) is 81.9 Å². The number of amides is 1. The molecule has 3 aliphatic rings. The number of rotatable bonds is 9. The number of nitrogens with zero attached hydrogens (tertiary/aromatic N) is 9. The summed E-state index contributed by atoms with van der Waals surface area (Å²) in [7, 11) is 1.78. The van der Waals surface area contributed by atoms with Gasteiger partial charge in [0.25, 0.3) is 0 Å². The van der Waals surface area contributed by atoms with Crippen molar-refractivity contribution in [1.29, 1.82) is 0 Å². The fourth-order valence-corrected chi connectivity index (χ4v) is 7.97. The summed E-state index contributed by atoms with van der Waals surface area (Å²) in [6.45, 7) is 6.71. The SMILES string of the molecule is Cc1nsc(/C=C/C(=O)N2CC(CN(C)c3nc(OCC45CCCN4CCC5)nc4c(F)c(-c5nc(N)cc(C)c5C(F)(F)F)ncc34)C2)n1. The Labute approximate surface area is 289 Å². The third-order valence-corrected chi connectivity index (χ3v) is 10.5. The molecule has 7 heterocycles. The Hall–Kier alpha value is -4.51. The van der Waals surface area contributed by atoms with Gasteiger partial charge in [-0.25, -0.2) is 14.4 Å². The standard InChI is InChI=1S/C33H36F4N10O2S/c1-18-12-22(38)41-28(25(18)33(35,36)37)29-26(34)27-21(13-39-29)30(43-31(42-27)49-17-32-8-4-10-47(32)11-5-9-32)45(3)14-20-15-46(16-20)24(48)7-6-23-40-19(2)44-50-23/h6-7,12-13,20H,4-5,8-11,14-17H2,1-3H3,(H2,38,41)/b7-6+. The van der Waals surface area contributed by atoms with Gasteiger partial charge in [0, 0.05) is 44.9 Å². The van der Waals surface area contributed by atoms with Gasteiger partial charge in [0.15, 0.2) is 5.82 Å². The lowest BCUT2D eigenvalue weighted by molar-refractivity contribution is -0.137. The molecule has 0 aliphatic carbocycles. The molecule has 1 amide bonds. The van der Waals surface area contributed by atoms with Crippen LogP contribution in [-0.4, -0.2) is 96.9 Å². The van der Waals surface area contributed by atoms with Crippen LogP contribution in [0.4, 0.5) is 29.2 Å². The average molecular weight is 713 g/mol. The number of nitrogens with two attached hydrogens (primary N) is 1. The summed E-state index contributed by atoms with van der Waals surface area (Å²) in [6.07, 6.45) is 3.56. The molecule has 0 bridgehead atoms. The highest BCUT2D eigenvalue weighted by atomic mass is 32.1. The number of fused-ring (bicyclic) bond motifs is 2. The average Bonchev–Trinajstić information content (AvgIpc) is 3.75. The summed E-state index contributed by atoms with van der Waals surface area (Å²) >= 11 is 1.21. The third kappa shape index (κ3) is 6.43. The fourth-order valence-electron chi connectivity index (χ4n) is 7.40. The number of ether oxygens (including phenoxy) is 1. The molecular weight excluding hydrogens is 676 g/mol. The van der Waals surface area contributed by atoms with Gasteiger partial charge >= 0.3 is 12.2 Å². The van der Waals surface area contributed by atoms with Gasteiger partial charge < -0.3 is 20.3 Å². The molecule has 4 aromatic rings. The van der Waals surface area contributed by atoms with Crippen LogP contribution in [0.3, 0.4) is 0 Å².